The zero-order valence-corrected chi connectivity index (χ0v) is 17.6. The third kappa shape index (κ3) is 3.18. The zero-order chi connectivity index (χ0) is 20.1. The number of aromatic nitrogens is 3. The molecule has 156 valence electrons. The van der Waals surface area contributed by atoms with Crippen molar-refractivity contribution in [1.29, 1.82) is 0 Å². The van der Waals surface area contributed by atoms with E-state index >= 15 is 0 Å². The molecule has 0 spiro atoms. The van der Waals surface area contributed by atoms with E-state index in [-0.39, 0.29) is 5.92 Å². The van der Waals surface area contributed by atoms with E-state index < -0.39 is 0 Å². The topological polar surface area (TPSA) is 69.0 Å². The normalized spacial score (nSPS) is 26.3. The molecule has 3 aliphatic heterocycles. The fourth-order valence-electron chi connectivity index (χ4n) is 4.99. The van der Waals surface area contributed by atoms with Crippen LogP contribution in [0.15, 0.2) is 12.3 Å². The van der Waals surface area contributed by atoms with E-state index in [2.05, 4.69) is 46.0 Å². The molecule has 0 aromatic carbocycles. The van der Waals surface area contributed by atoms with Crippen LogP contribution < -0.4 is 10.2 Å². The Bertz CT molecular complexity index is 907. The highest BCUT2D eigenvalue weighted by atomic mass is 16.2. The van der Waals surface area contributed by atoms with Crippen LogP contribution >= 0.6 is 0 Å². The summed E-state index contributed by atoms with van der Waals surface area (Å²) < 4.78 is 1.96. The average molecular weight is 398 g/mol. The standard InChI is InChI=1S/C21H31N7O/c1-14-10-27(11-15(2)25(14)3)21(29)16-12-26(13-16)20-17-4-7-22-8-5-18(17)24-19-6-9-23-28(19)20/h6,9,14-16,22H,4-5,7-8,10-13H2,1-3H3. The second-order valence-electron chi connectivity index (χ2n) is 8.92. The fourth-order valence-corrected chi connectivity index (χ4v) is 4.99. The monoisotopic (exact) mass is 397 g/mol. The first kappa shape index (κ1) is 18.8. The van der Waals surface area contributed by atoms with Crippen molar-refractivity contribution in [2.45, 2.75) is 38.8 Å². The van der Waals surface area contributed by atoms with Crippen LogP contribution in [-0.4, -0.2) is 88.7 Å². The second-order valence-corrected chi connectivity index (χ2v) is 8.92. The lowest BCUT2D eigenvalue weighted by atomic mass is 9.95. The van der Waals surface area contributed by atoms with Crippen molar-refractivity contribution < 1.29 is 4.79 Å². The minimum Gasteiger partial charge on any atom is -0.354 e. The SMILES string of the molecule is CC1CN(C(=O)C2CN(c3c4c(nc5ccnn35)CCNCC4)C2)CC(C)N1C. The Morgan fingerprint density at radius 3 is 2.59 bits per heavy atom. The molecule has 1 N–H and O–H groups in total. The molecule has 0 radical (unpaired) electrons. The number of nitrogens with zero attached hydrogens (tertiary/aromatic N) is 6. The Morgan fingerprint density at radius 1 is 1.10 bits per heavy atom. The summed E-state index contributed by atoms with van der Waals surface area (Å²) in [5.41, 5.74) is 3.37. The van der Waals surface area contributed by atoms with E-state index in [0.29, 0.717) is 18.0 Å². The van der Waals surface area contributed by atoms with Crippen LogP contribution in [0.5, 0.6) is 0 Å². The van der Waals surface area contributed by atoms with E-state index in [1.807, 2.05) is 16.8 Å². The van der Waals surface area contributed by atoms with E-state index in [4.69, 9.17) is 4.98 Å². The maximum absolute atomic E-state index is 13.1. The van der Waals surface area contributed by atoms with Crippen molar-refractivity contribution in [3.63, 3.8) is 0 Å². The first-order valence-electron chi connectivity index (χ1n) is 10.8. The smallest absolute Gasteiger partial charge is 0.229 e. The van der Waals surface area contributed by atoms with E-state index in [1.165, 1.54) is 11.3 Å². The molecule has 0 bridgehead atoms. The Hall–Kier alpha value is -2.19. The van der Waals surface area contributed by atoms with Crippen LogP contribution in [0.25, 0.3) is 5.65 Å². The third-order valence-corrected chi connectivity index (χ3v) is 6.98. The predicted molar refractivity (Wildman–Crippen MR) is 112 cm³/mol. The Labute approximate surface area is 171 Å². The van der Waals surface area contributed by atoms with Crippen LogP contribution in [0.4, 0.5) is 5.82 Å². The Balaban J connectivity index is 1.36. The quantitative estimate of drug-likeness (QED) is 0.792. The molecule has 8 heteroatoms. The molecule has 2 aromatic rings. The number of amides is 1. The molecule has 0 aliphatic carbocycles. The van der Waals surface area contributed by atoms with E-state index in [9.17, 15) is 4.79 Å². The summed E-state index contributed by atoms with van der Waals surface area (Å²) >= 11 is 0. The highest BCUT2D eigenvalue weighted by molar-refractivity contribution is 5.82. The lowest BCUT2D eigenvalue weighted by Crippen LogP contribution is -2.61. The number of carbonyl (C=O) groups is 1. The molecular weight excluding hydrogens is 366 g/mol. The van der Waals surface area contributed by atoms with Gasteiger partial charge < -0.3 is 15.1 Å². The van der Waals surface area contributed by atoms with Crippen molar-refractivity contribution in [1.82, 2.24) is 29.7 Å². The summed E-state index contributed by atoms with van der Waals surface area (Å²) in [5.74, 6) is 1.53. The van der Waals surface area contributed by atoms with Gasteiger partial charge in [-0.25, -0.2) is 4.98 Å². The number of fused-ring (bicyclic) bond motifs is 2. The summed E-state index contributed by atoms with van der Waals surface area (Å²) in [7, 11) is 2.15. The van der Waals surface area contributed by atoms with Gasteiger partial charge in [-0.1, -0.05) is 0 Å². The molecular formula is C21H31N7O. The van der Waals surface area contributed by atoms with Crippen molar-refractivity contribution in [2.75, 3.05) is 51.2 Å². The van der Waals surface area contributed by atoms with Crippen molar-refractivity contribution in [3.05, 3.63) is 23.5 Å². The number of anilines is 1. The van der Waals surface area contributed by atoms with Crippen molar-refractivity contribution in [3.8, 4) is 0 Å². The number of likely N-dealkylation sites (N-methyl/N-ethyl adjacent to an activating group) is 1. The van der Waals surface area contributed by atoms with Gasteiger partial charge in [-0.3, -0.25) is 9.69 Å². The van der Waals surface area contributed by atoms with Crippen LogP contribution in [0.3, 0.4) is 0 Å². The highest BCUT2D eigenvalue weighted by Gasteiger charge is 2.40. The summed E-state index contributed by atoms with van der Waals surface area (Å²) in [4.78, 5) is 24.8. The molecule has 8 nitrogen and oxygen atoms in total. The Kier molecular flexibility index (Phi) is 4.70. The van der Waals surface area contributed by atoms with Crippen molar-refractivity contribution in [2.24, 2.45) is 5.92 Å². The van der Waals surface area contributed by atoms with Gasteiger partial charge in [0.15, 0.2) is 5.65 Å². The molecule has 1 amide bonds. The number of nitrogens with one attached hydrogen (secondary N) is 1. The number of hydrogen-bond acceptors (Lipinski definition) is 6. The summed E-state index contributed by atoms with van der Waals surface area (Å²) in [5, 5.41) is 8.01. The minimum atomic E-state index is 0.0798. The molecule has 0 saturated carbocycles. The first-order chi connectivity index (χ1) is 14.0. The molecule has 3 aliphatic rings. The molecule has 2 aromatic heterocycles. The largest absolute Gasteiger partial charge is 0.354 e. The number of rotatable bonds is 2. The molecule has 29 heavy (non-hydrogen) atoms. The van der Waals surface area contributed by atoms with E-state index in [1.54, 1.807) is 0 Å². The van der Waals surface area contributed by atoms with Gasteiger partial charge in [0.2, 0.25) is 5.91 Å². The van der Waals surface area contributed by atoms with Gasteiger partial charge in [0, 0.05) is 62.9 Å². The first-order valence-corrected chi connectivity index (χ1v) is 10.8. The lowest BCUT2D eigenvalue weighted by molar-refractivity contribution is -0.140. The molecule has 2 atom stereocenters. The van der Waals surface area contributed by atoms with Gasteiger partial charge in [-0.15, -0.1) is 0 Å². The fraction of sp³-hybridized carbons (Fsp3) is 0.667. The van der Waals surface area contributed by atoms with Crippen LogP contribution in [0.2, 0.25) is 0 Å². The lowest BCUT2D eigenvalue weighted by Gasteiger charge is -2.47. The number of hydrogen-bond donors (Lipinski definition) is 1. The van der Waals surface area contributed by atoms with Crippen molar-refractivity contribution >= 4 is 17.4 Å². The number of carbonyl (C=O) groups excluding carboxylic acids is 1. The third-order valence-electron chi connectivity index (χ3n) is 6.98. The molecule has 5 rings (SSSR count). The maximum Gasteiger partial charge on any atom is 0.229 e. The molecule has 2 unspecified atom stereocenters. The molecule has 5 heterocycles. The van der Waals surface area contributed by atoms with Gasteiger partial charge in [-0.2, -0.15) is 9.61 Å². The minimum absolute atomic E-state index is 0.0798. The summed E-state index contributed by atoms with van der Waals surface area (Å²) in [6.45, 7) is 9.53. The van der Waals surface area contributed by atoms with Crippen LogP contribution in [0, 0.1) is 5.92 Å². The second kappa shape index (κ2) is 7.25. The highest BCUT2D eigenvalue weighted by Crippen LogP contribution is 2.32. The molecule has 2 fully saturated rings. The summed E-state index contributed by atoms with van der Waals surface area (Å²) in [6, 6.07) is 2.79. The number of piperazine rings is 1. The molecule has 2 saturated heterocycles. The van der Waals surface area contributed by atoms with Crippen LogP contribution in [0.1, 0.15) is 25.1 Å². The van der Waals surface area contributed by atoms with Gasteiger partial charge in [0.25, 0.3) is 0 Å². The average Bonchev–Trinajstić information content (AvgIpc) is 3.00. The van der Waals surface area contributed by atoms with Gasteiger partial charge in [0.05, 0.1) is 17.8 Å². The summed E-state index contributed by atoms with van der Waals surface area (Å²) in [6.07, 6.45) is 3.71. The van der Waals surface area contributed by atoms with Crippen LogP contribution in [-0.2, 0) is 17.6 Å². The van der Waals surface area contributed by atoms with Gasteiger partial charge in [0.1, 0.15) is 5.82 Å². The zero-order valence-electron chi connectivity index (χ0n) is 17.6. The Morgan fingerprint density at radius 2 is 1.83 bits per heavy atom. The predicted octanol–water partition coefficient (Wildman–Crippen LogP) is 0.405. The maximum atomic E-state index is 13.1. The van der Waals surface area contributed by atoms with Gasteiger partial charge >= 0.3 is 0 Å². The van der Waals surface area contributed by atoms with Gasteiger partial charge in [-0.05, 0) is 33.9 Å². The van der Waals surface area contributed by atoms with E-state index in [0.717, 1.165) is 63.6 Å².